The number of aryl methyl sites for hydroxylation is 2. The topological polar surface area (TPSA) is 41.1 Å². The summed E-state index contributed by atoms with van der Waals surface area (Å²) in [6.45, 7) is 8.16. The van der Waals surface area contributed by atoms with Crippen molar-refractivity contribution in [2.45, 2.75) is 46.3 Å². The van der Waals surface area contributed by atoms with Gasteiger partial charge in [0.25, 0.3) is 0 Å². The maximum atomic E-state index is 13.2. The molecule has 1 aromatic carbocycles. The van der Waals surface area contributed by atoms with Gasteiger partial charge in [0.15, 0.2) is 0 Å². The predicted octanol–water partition coefficient (Wildman–Crippen LogP) is 4.68. The van der Waals surface area contributed by atoms with Gasteiger partial charge in [-0.05, 0) is 80.7 Å². The van der Waals surface area contributed by atoms with Crippen molar-refractivity contribution in [2.24, 2.45) is 0 Å². The molecule has 0 saturated carbocycles. The number of nitrogens with one attached hydrogen (secondary N) is 1. The summed E-state index contributed by atoms with van der Waals surface area (Å²) in [6.07, 6.45) is 4.43. The smallest absolute Gasteiger partial charge is 0.213 e. The van der Waals surface area contributed by atoms with Crippen LogP contribution >= 0.6 is 0 Å². The van der Waals surface area contributed by atoms with Gasteiger partial charge in [0.1, 0.15) is 0 Å². The Morgan fingerprint density at radius 1 is 1.13 bits per heavy atom. The van der Waals surface area contributed by atoms with Gasteiger partial charge in [0.05, 0.1) is 5.69 Å². The second-order valence-corrected chi connectivity index (χ2v) is 8.31. The van der Waals surface area contributed by atoms with E-state index in [1.54, 1.807) is 0 Å². The second-order valence-electron chi connectivity index (χ2n) is 8.31. The second kappa shape index (κ2) is 9.92. The Morgan fingerprint density at radius 3 is 2.63 bits per heavy atom. The van der Waals surface area contributed by atoms with Crippen molar-refractivity contribution in [1.82, 2.24) is 20.2 Å². The van der Waals surface area contributed by atoms with Crippen LogP contribution in [0.5, 0.6) is 0 Å². The fourth-order valence-electron chi connectivity index (χ4n) is 3.75. The molecule has 0 fully saturated rings. The van der Waals surface area contributed by atoms with Gasteiger partial charge in [0, 0.05) is 37.6 Å². The number of hydrogen-bond donors (Lipinski definition) is 1. The van der Waals surface area contributed by atoms with Crippen molar-refractivity contribution in [3.8, 4) is 11.1 Å². The van der Waals surface area contributed by atoms with Gasteiger partial charge in [0.2, 0.25) is 5.95 Å². The Morgan fingerprint density at radius 2 is 1.93 bits per heavy atom. The molecular weight excluding hydrogens is 375 g/mol. The molecule has 158 valence electrons. The molecule has 4 nitrogen and oxygen atoms in total. The van der Waals surface area contributed by atoms with Crippen LogP contribution in [-0.2, 0) is 19.5 Å². The molecule has 3 heterocycles. The Labute approximate surface area is 179 Å². The molecule has 0 saturated heterocycles. The standard InChI is InChI=1S/C15H15FN2.C10H16N2/c1-10-7-14-12(9-18-10)3-2-4-13(14)11-5-6-17-15(16)8-11;1-8-5-9(2)10(11-6-8)7-12(3)4/h2-6,8,10,18H,7,9H2,1H3;5-6H,7H2,1-4H3. The minimum Gasteiger partial charge on any atom is -0.310 e. The molecule has 30 heavy (non-hydrogen) atoms. The lowest BCUT2D eigenvalue weighted by atomic mass is 9.89. The minimum atomic E-state index is -0.424. The fraction of sp³-hybridized carbons (Fsp3) is 0.360. The minimum absolute atomic E-state index is 0.424. The van der Waals surface area contributed by atoms with E-state index in [0.29, 0.717) is 6.04 Å². The SMILES string of the molecule is CC1Cc2c(cccc2-c2ccnc(F)c2)CN1.Cc1cnc(CN(C)C)c(C)c1. The molecule has 0 spiro atoms. The van der Waals surface area contributed by atoms with E-state index >= 15 is 0 Å². The summed E-state index contributed by atoms with van der Waals surface area (Å²) in [6, 6.07) is 12.2. The highest BCUT2D eigenvalue weighted by Crippen LogP contribution is 2.29. The summed E-state index contributed by atoms with van der Waals surface area (Å²) >= 11 is 0. The average Bonchev–Trinajstić information content (AvgIpc) is 2.70. The number of nitrogens with zero attached hydrogens (tertiary/aromatic N) is 3. The molecule has 1 unspecified atom stereocenters. The van der Waals surface area contributed by atoms with Crippen LogP contribution in [0.15, 0.2) is 48.8 Å². The Bertz CT molecular complexity index is 1000. The van der Waals surface area contributed by atoms with E-state index < -0.39 is 5.95 Å². The first-order valence-electron chi connectivity index (χ1n) is 10.4. The Hall–Kier alpha value is -2.63. The van der Waals surface area contributed by atoms with Gasteiger partial charge in [-0.25, -0.2) is 4.98 Å². The number of rotatable bonds is 3. The van der Waals surface area contributed by atoms with Crippen molar-refractivity contribution >= 4 is 0 Å². The molecule has 0 aliphatic carbocycles. The van der Waals surface area contributed by atoms with Crippen molar-refractivity contribution in [3.05, 3.63) is 82.7 Å². The van der Waals surface area contributed by atoms with Crippen molar-refractivity contribution < 1.29 is 4.39 Å². The summed E-state index contributed by atoms with van der Waals surface area (Å²) in [5.41, 5.74) is 8.36. The van der Waals surface area contributed by atoms with Crippen LogP contribution in [-0.4, -0.2) is 35.0 Å². The molecule has 4 rings (SSSR count). The van der Waals surface area contributed by atoms with E-state index in [4.69, 9.17) is 0 Å². The zero-order valence-electron chi connectivity index (χ0n) is 18.5. The number of benzene rings is 1. The van der Waals surface area contributed by atoms with Gasteiger partial charge in [-0.1, -0.05) is 24.3 Å². The number of halogens is 1. The lowest BCUT2D eigenvalue weighted by Crippen LogP contribution is -2.33. The van der Waals surface area contributed by atoms with Gasteiger partial charge in [-0.2, -0.15) is 4.39 Å². The molecule has 0 amide bonds. The molecule has 0 radical (unpaired) electrons. The number of hydrogen-bond acceptors (Lipinski definition) is 4. The van der Waals surface area contributed by atoms with E-state index in [1.807, 2.05) is 18.3 Å². The molecule has 5 heteroatoms. The molecule has 0 bridgehead atoms. The number of fused-ring (bicyclic) bond motifs is 1. The van der Waals surface area contributed by atoms with Gasteiger partial charge in [-0.3, -0.25) is 4.98 Å². The first kappa shape index (κ1) is 22.1. The van der Waals surface area contributed by atoms with Crippen LogP contribution in [0, 0.1) is 19.8 Å². The van der Waals surface area contributed by atoms with E-state index in [1.165, 1.54) is 40.2 Å². The van der Waals surface area contributed by atoms with Crippen molar-refractivity contribution in [2.75, 3.05) is 14.1 Å². The third-order valence-corrected chi connectivity index (χ3v) is 5.25. The highest BCUT2D eigenvalue weighted by Gasteiger charge is 2.18. The number of aromatic nitrogens is 2. The van der Waals surface area contributed by atoms with Crippen molar-refractivity contribution in [3.63, 3.8) is 0 Å². The number of pyridine rings is 2. The predicted molar refractivity (Wildman–Crippen MR) is 121 cm³/mol. The quantitative estimate of drug-likeness (QED) is 0.641. The summed E-state index contributed by atoms with van der Waals surface area (Å²) < 4.78 is 13.2. The molecule has 1 atom stereocenters. The maximum Gasteiger partial charge on any atom is 0.213 e. The van der Waals surface area contributed by atoms with Gasteiger partial charge in [-0.15, -0.1) is 0 Å². The van der Waals surface area contributed by atoms with Crippen LogP contribution in [0.1, 0.15) is 34.9 Å². The Kier molecular flexibility index (Phi) is 7.29. The summed E-state index contributed by atoms with van der Waals surface area (Å²) in [4.78, 5) is 10.1. The fourth-order valence-corrected chi connectivity index (χ4v) is 3.75. The first-order chi connectivity index (χ1) is 14.3. The van der Waals surface area contributed by atoms with E-state index in [2.05, 4.69) is 73.3 Å². The molecule has 1 aliphatic heterocycles. The zero-order chi connectivity index (χ0) is 21.7. The van der Waals surface area contributed by atoms with E-state index in [9.17, 15) is 4.39 Å². The van der Waals surface area contributed by atoms with Gasteiger partial charge >= 0.3 is 0 Å². The summed E-state index contributed by atoms with van der Waals surface area (Å²) in [5, 5.41) is 3.44. The average molecular weight is 407 g/mol. The zero-order valence-corrected chi connectivity index (χ0v) is 18.5. The summed E-state index contributed by atoms with van der Waals surface area (Å²) in [5.74, 6) is -0.424. The lowest BCUT2D eigenvalue weighted by molar-refractivity contribution is 0.395. The highest BCUT2D eigenvalue weighted by atomic mass is 19.1. The third kappa shape index (κ3) is 5.71. The monoisotopic (exact) mass is 406 g/mol. The van der Waals surface area contributed by atoms with Crippen LogP contribution in [0.3, 0.4) is 0 Å². The van der Waals surface area contributed by atoms with E-state index in [0.717, 1.165) is 30.6 Å². The van der Waals surface area contributed by atoms with Crippen molar-refractivity contribution in [1.29, 1.82) is 0 Å². The molecule has 3 aromatic rings. The third-order valence-electron chi connectivity index (χ3n) is 5.25. The normalized spacial score (nSPS) is 15.4. The van der Waals surface area contributed by atoms with Crippen LogP contribution in [0.25, 0.3) is 11.1 Å². The molecule has 1 N–H and O–H groups in total. The summed E-state index contributed by atoms with van der Waals surface area (Å²) in [7, 11) is 4.11. The molecule has 2 aromatic heterocycles. The molecular formula is C25H31FN4. The first-order valence-corrected chi connectivity index (χ1v) is 10.4. The molecule has 1 aliphatic rings. The van der Waals surface area contributed by atoms with E-state index in [-0.39, 0.29) is 0 Å². The maximum absolute atomic E-state index is 13.2. The van der Waals surface area contributed by atoms with Gasteiger partial charge < -0.3 is 10.2 Å². The Balaban J connectivity index is 0.000000187. The lowest BCUT2D eigenvalue weighted by Gasteiger charge is -2.25. The highest BCUT2D eigenvalue weighted by molar-refractivity contribution is 5.69. The van der Waals surface area contributed by atoms with Crippen LogP contribution in [0.4, 0.5) is 4.39 Å². The largest absolute Gasteiger partial charge is 0.310 e. The van der Waals surface area contributed by atoms with Crippen LogP contribution in [0.2, 0.25) is 0 Å². The van der Waals surface area contributed by atoms with Crippen LogP contribution < -0.4 is 5.32 Å².